The molecule has 0 heterocycles. The van der Waals surface area contributed by atoms with Crippen LogP contribution in [0, 0.1) is 11.8 Å². The Balaban J connectivity index is 1.83. The molecule has 0 aromatic heterocycles. The summed E-state index contributed by atoms with van der Waals surface area (Å²) in [6.07, 6.45) is 0.379. The zero-order valence-electron chi connectivity index (χ0n) is 13.7. The van der Waals surface area contributed by atoms with Crippen molar-refractivity contribution in [3.63, 3.8) is 0 Å². The van der Waals surface area contributed by atoms with E-state index in [0.717, 1.165) is 11.1 Å². The van der Waals surface area contributed by atoms with Gasteiger partial charge in [0.1, 0.15) is 0 Å². The molecule has 0 unspecified atom stereocenters. The summed E-state index contributed by atoms with van der Waals surface area (Å²) >= 11 is 0. The number of amides is 1. The highest BCUT2D eigenvalue weighted by Gasteiger charge is 2.03. The molecule has 0 aliphatic rings. The van der Waals surface area contributed by atoms with Crippen LogP contribution in [-0.4, -0.2) is 38.0 Å². The highest BCUT2D eigenvalue weighted by atomic mass is 16.1. The summed E-state index contributed by atoms with van der Waals surface area (Å²) in [6.45, 7) is 1.10. The Labute approximate surface area is 138 Å². The molecular formula is C20H22N2O. The van der Waals surface area contributed by atoms with Gasteiger partial charge in [0.05, 0.1) is 19.5 Å². The molecule has 2 aromatic carbocycles. The maximum atomic E-state index is 11.9. The lowest BCUT2D eigenvalue weighted by molar-refractivity contribution is -0.120. The quantitative estimate of drug-likeness (QED) is 0.861. The summed E-state index contributed by atoms with van der Waals surface area (Å²) in [7, 11) is 3.93. The smallest absolute Gasteiger partial charge is 0.225 e. The van der Waals surface area contributed by atoms with Gasteiger partial charge in [0.2, 0.25) is 5.91 Å². The Hall–Kier alpha value is -2.57. The van der Waals surface area contributed by atoms with Crippen molar-refractivity contribution in [3.05, 3.63) is 60.2 Å². The van der Waals surface area contributed by atoms with Gasteiger partial charge >= 0.3 is 0 Å². The van der Waals surface area contributed by atoms with Crippen LogP contribution in [0.5, 0.6) is 0 Å². The van der Waals surface area contributed by atoms with Crippen molar-refractivity contribution in [2.45, 2.75) is 6.42 Å². The van der Waals surface area contributed by atoms with E-state index in [4.69, 9.17) is 0 Å². The third-order valence-electron chi connectivity index (χ3n) is 3.32. The van der Waals surface area contributed by atoms with Gasteiger partial charge < -0.3 is 5.32 Å². The normalized spacial score (nSPS) is 10.0. The molecule has 0 aliphatic carbocycles. The van der Waals surface area contributed by atoms with Gasteiger partial charge in [-0.1, -0.05) is 66.4 Å². The lowest BCUT2D eigenvalue weighted by Crippen LogP contribution is -2.25. The van der Waals surface area contributed by atoms with Crippen LogP contribution in [0.3, 0.4) is 0 Å². The van der Waals surface area contributed by atoms with Gasteiger partial charge in [0.15, 0.2) is 0 Å². The van der Waals surface area contributed by atoms with Crippen molar-refractivity contribution < 1.29 is 4.79 Å². The van der Waals surface area contributed by atoms with Crippen molar-refractivity contribution in [1.29, 1.82) is 0 Å². The number of benzene rings is 2. The number of nitrogens with zero attached hydrogens (tertiary/aromatic N) is 1. The molecule has 118 valence electrons. The zero-order chi connectivity index (χ0) is 16.5. The standard InChI is InChI=1S/C20H22N2O/c1-22(2)15-7-6-14-21-20(23)16-17-10-12-19(13-11-17)18-8-4-3-5-9-18/h3-5,8-13H,14-16H2,1-2H3,(H,21,23). The molecule has 0 spiro atoms. The summed E-state index contributed by atoms with van der Waals surface area (Å²) in [6, 6.07) is 18.3. The number of nitrogens with one attached hydrogen (secondary N) is 1. The van der Waals surface area contributed by atoms with Crippen LogP contribution >= 0.6 is 0 Å². The Morgan fingerprint density at radius 2 is 1.61 bits per heavy atom. The number of carbonyl (C=O) groups excluding carboxylic acids is 1. The van der Waals surface area contributed by atoms with Crippen LogP contribution in [0.2, 0.25) is 0 Å². The molecule has 2 aromatic rings. The molecular weight excluding hydrogens is 284 g/mol. The SMILES string of the molecule is CN(C)CC#CCNC(=O)Cc1ccc(-c2ccccc2)cc1. The van der Waals surface area contributed by atoms with Crippen LogP contribution < -0.4 is 5.32 Å². The minimum atomic E-state index is -0.00314. The predicted octanol–water partition coefficient (Wildman–Crippen LogP) is 2.58. The predicted molar refractivity (Wildman–Crippen MR) is 94.9 cm³/mol. The maximum absolute atomic E-state index is 11.9. The fourth-order valence-corrected chi connectivity index (χ4v) is 2.11. The van der Waals surface area contributed by atoms with Crippen LogP contribution in [0.4, 0.5) is 0 Å². The van der Waals surface area contributed by atoms with Crippen molar-refractivity contribution in [2.75, 3.05) is 27.2 Å². The molecule has 2 rings (SSSR count). The summed E-state index contributed by atoms with van der Waals surface area (Å²) in [5, 5.41) is 2.82. The van der Waals surface area contributed by atoms with Crippen molar-refractivity contribution in [1.82, 2.24) is 10.2 Å². The Morgan fingerprint density at radius 3 is 2.26 bits per heavy atom. The first-order valence-electron chi connectivity index (χ1n) is 7.66. The average Bonchev–Trinajstić information content (AvgIpc) is 2.56. The Bertz CT molecular complexity index is 679. The van der Waals surface area contributed by atoms with Crippen molar-refractivity contribution >= 4 is 5.91 Å². The van der Waals surface area contributed by atoms with E-state index < -0.39 is 0 Å². The molecule has 0 atom stereocenters. The van der Waals surface area contributed by atoms with Gasteiger partial charge in [0.25, 0.3) is 0 Å². The summed E-state index contributed by atoms with van der Waals surface area (Å²) in [4.78, 5) is 13.9. The highest BCUT2D eigenvalue weighted by Crippen LogP contribution is 2.19. The van der Waals surface area contributed by atoms with E-state index >= 15 is 0 Å². The van der Waals surface area contributed by atoms with Gasteiger partial charge in [-0.3, -0.25) is 9.69 Å². The Kier molecular flexibility index (Phi) is 6.40. The minimum absolute atomic E-state index is 0.00314. The fourth-order valence-electron chi connectivity index (χ4n) is 2.11. The van der Waals surface area contributed by atoms with E-state index in [1.807, 2.05) is 49.3 Å². The van der Waals surface area contributed by atoms with E-state index in [9.17, 15) is 4.79 Å². The van der Waals surface area contributed by atoms with E-state index in [0.29, 0.717) is 19.5 Å². The Morgan fingerprint density at radius 1 is 0.957 bits per heavy atom. The molecule has 0 saturated heterocycles. The maximum Gasteiger partial charge on any atom is 0.225 e. The monoisotopic (exact) mass is 306 g/mol. The lowest BCUT2D eigenvalue weighted by Gasteiger charge is -2.05. The molecule has 3 nitrogen and oxygen atoms in total. The molecule has 0 bridgehead atoms. The molecule has 0 fully saturated rings. The lowest BCUT2D eigenvalue weighted by atomic mass is 10.0. The number of carbonyl (C=O) groups is 1. The molecule has 1 amide bonds. The first-order valence-corrected chi connectivity index (χ1v) is 7.66. The number of rotatable bonds is 5. The number of hydrogen-bond donors (Lipinski definition) is 1. The van der Waals surface area contributed by atoms with Gasteiger partial charge in [0, 0.05) is 0 Å². The second-order valence-corrected chi connectivity index (χ2v) is 5.61. The van der Waals surface area contributed by atoms with E-state index in [-0.39, 0.29) is 5.91 Å². The van der Waals surface area contributed by atoms with E-state index in [1.165, 1.54) is 5.56 Å². The van der Waals surface area contributed by atoms with Gasteiger partial charge in [-0.15, -0.1) is 0 Å². The van der Waals surface area contributed by atoms with E-state index in [1.54, 1.807) is 0 Å². The van der Waals surface area contributed by atoms with Gasteiger partial charge in [-0.05, 0) is 30.8 Å². The van der Waals surface area contributed by atoms with Crippen molar-refractivity contribution in [3.8, 4) is 23.0 Å². The summed E-state index contributed by atoms with van der Waals surface area (Å²) in [5.41, 5.74) is 3.34. The zero-order valence-corrected chi connectivity index (χ0v) is 13.7. The molecule has 3 heteroatoms. The number of hydrogen-bond acceptors (Lipinski definition) is 2. The van der Waals surface area contributed by atoms with Gasteiger partial charge in [-0.2, -0.15) is 0 Å². The average molecular weight is 306 g/mol. The largest absolute Gasteiger partial charge is 0.345 e. The van der Waals surface area contributed by atoms with Gasteiger partial charge in [-0.25, -0.2) is 0 Å². The highest BCUT2D eigenvalue weighted by molar-refractivity contribution is 5.79. The summed E-state index contributed by atoms with van der Waals surface area (Å²) < 4.78 is 0. The van der Waals surface area contributed by atoms with Crippen LogP contribution in [0.25, 0.3) is 11.1 Å². The molecule has 0 saturated carbocycles. The minimum Gasteiger partial charge on any atom is -0.345 e. The molecule has 1 N–H and O–H groups in total. The fraction of sp³-hybridized carbons (Fsp3) is 0.250. The first kappa shape index (κ1) is 16.8. The van der Waals surface area contributed by atoms with Crippen LogP contribution in [-0.2, 0) is 11.2 Å². The summed E-state index contributed by atoms with van der Waals surface area (Å²) in [5.74, 6) is 5.93. The molecule has 0 aliphatic heterocycles. The van der Waals surface area contributed by atoms with Crippen molar-refractivity contribution in [2.24, 2.45) is 0 Å². The topological polar surface area (TPSA) is 32.3 Å². The molecule has 23 heavy (non-hydrogen) atoms. The third kappa shape index (κ3) is 5.98. The first-order chi connectivity index (χ1) is 11.1. The second kappa shape index (κ2) is 8.77. The van der Waals surface area contributed by atoms with Crippen LogP contribution in [0.1, 0.15) is 5.56 Å². The second-order valence-electron chi connectivity index (χ2n) is 5.61. The molecule has 0 radical (unpaired) electrons. The van der Waals surface area contributed by atoms with Crippen LogP contribution in [0.15, 0.2) is 54.6 Å². The third-order valence-corrected chi connectivity index (χ3v) is 3.32. The van der Waals surface area contributed by atoms with E-state index in [2.05, 4.69) is 41.4 Å².